The van der Waals surface area contributed by atoms with E-state index in [1.165, 1.54) is 6.33 Å². The Kier molecular flexibility index (Phi) is 4.70. The van der Waals surface area contributed by atoms with Gasteiger partial charge in [0.25, 0.3) is 5.56 Å². The Bertz CT molecular complexity index is 508. The zero-order chi connectivity index (χ0) is 12.1. The Balaban J connectivity index is 2.84. The van der Waals surface area contributed by atoms with Crippen molar-refractivity contribution in [3.63, 3.8) is 0 Å². The van der Waals surface area contributed by atoms with Crippen LogP contribution in [0.25, 0.3) is 0 Å². The maximum Gasteiger partial charge on any atom is 0.268 e. The van der Waals surface area contributed by atoms with Crippen molar-refractivity contribution < 1.29 is 4.79 Å². The molecule has 16 heavy (non-hydrogen) atoms. The lowest BCUT2D eigenvalue weighted by Gasteiger charge is -2.05. The standard InChI is InChI=1S/C8H6ClIN4O2/c9-7-6(10)8(16)14(4-13-7)3-5(15)12-2-1-11/h4H,2-3H2,(H,12,15). The van der Waals surface area contributed by atoms with Crippen molar-refractivity contribution in [3.05, 3.63) is 25.4 Å². The first kappa shape index (κ1) is 12.9. The zero-order valence-corrected chi connectivity index (χ0v) is 10.8. The number of amides is 1. The molecule has 1 rings (SSSR count). The molecule has 0 unspecified atom stereocenters. The Morgan fingerprint density at radius 1 is 1.75 bits per heavy atom. The highest BCUT2D eigenvalue weighted by atomic mass is 127. The number of carbonyl (C=O) groups excluding carboxylic acids is 1. The minimum absolute atomic E-state index is 0.0916. The van der Waals surface area contributed by atoms with Crippen molar-refractivity contribution in [2.24, 2.45) is 0 Å². The Morgan fingerprint density at radius 2 is 2.44 bits per heavy atom. The van der Waals surface area contributed by atoms with Gasteiger partial charge in [-0.2, -0.15) is 5.26 Å². The lowest BCUT2D eigenvalue weighted by molar-refractivity contribution is -0.121. The van der Waals surface area contributed by atoms with E-state index in [-0.39, 0.29) is 27.4 Å². The van der Waals surface area contributed by atoms with E-state index in [1.54, 1.807) is 28.7 Å². The summed E-state index contributed by atoms with van der Waals surface area (Å²) < 4.78 is 1.38. The van der Waals surface area contributed by atoms with Gasteiger partial charge in [-0.25, -0.2) is 4.98 Å². The molecule has 0 saturated heterocycles. The van der Waals surface area contributed by atoms with Crippen LogP contribution >= 0.6 is 34.2 Å². The number of nitrogens with one attached hydrogen (secondary N) is 1. The number of hydrogen-bond donors (Lipinski definition) is 1. The highest BCUT2D eigenvalue weighted by Gasteiger charge is 2.09. The summed E-state index contributed by atoms with van der Waals surface area (Å²) in [5.41, 5.74) is -0.382. The molecule has 8 heteroatoms. The van der Waals surface area contributed by atoms with E-state index in [4.69, 9.17) is 16.9 Å². The number of halogens is 2. The number of hydrogen-bond acceptors (Lipinski definition) is 4. The highest BCUT2D eigenvalue weighted by Crippen LogP contribution is 2.09. The van der Waals surface area contributed by atoms with Crippen molar-refractivity contribution in [1.82, 2.24) is 14.9 Å². The normalized spacial score (nSPS) is 9.56. The maximum atomic E-state index is 11.6. The fraction of sp³-hybridized carbons (Fsp3) is 0.250. The zero-order valence-electron chi connectivity index (χ0n) is 7.91. The largest absolute Gasteiger partial charge is 0.341 e. The monoisotopic (exact) mass is 352 g/mol. The molecular weight excluding hydrogens is 346 g/mol. The predicted molar refractivity (Wildman–Crippen MR) is 64.8 cm³/mol. The molecule has 1 amide bonds. The third kappa shape index (κ3) is 3.18. The van der Waals surface area contributed by atoms with Crippen molar-refractivity contribution in [2.75, 3.05) is 6.54 Å². The van der Waals surface area contributed by atoms with Gasteiger partial charge in [0, 0.05) is 0 Å². The summed E-state index contributed by atoms with van der Waals surface area (Å²) in [7, 11) is 0. The van der Waals surface area contributed by atoms with Gasteiger partial charge >= 0.3 is 0 Å². The Morgan fingerprint density at radius 3 is 3.06 bits per heavy atom. The van der Waals surface area contributed by atoms with Crippen LogP contribution in [-0.4, -0.2) is 22.0 Å². The van der Waals surface area contributed by atoms with Gasteiger partial charge in [0.15, 0.2) is 0 Å². The summed E-state index contributed by atoms with van der Waals surface area (Å²) in [5, 5.41) is 10.7. The van der Waals surface area contributed by atoms with Gasteiger partial charge in [-0.1, -0.05) is 11.6 Å². The summed E-state index contributed by atoms with van der Waals surface area (Å²) in [6, 6.07) is 1.76. The molecule has 0 atom stereocenters. The molecule has 0 aliphatic carbocycles. The molecule has 1 N–H and O–H groups in total. The van der Waals surface area contributed by atoms with Crippen LogP contribution in [0.5, 0.6) is 0 Å². The fourth-order valence-electron chi connectivity index (χ4n) is 0.905. The van der Waals surface area contributed by atoms with Gasteiger partial charge < -0.3 is 5.32 Å². The van der Waals surface area contributed by atoms with Crippen molar-refractivity contribution in [3.8, 4) is 6.07 Å². The van der Waals surface area contributed by atoms with Gasteiger partial charge in [-0.05, 0) is 22.6 Å². The topological polar surface area (TPSA) is 87.8 Å². The van der Waals surface area contributed by atoms with Crippen LogP contribution in [-0.2, 0) is 11.3 Å². The molecule has 84 valence electrons. The van der Waals surface area contributed by atoms with Crippen LogP contribution in [0.2, 0.25) is 5.15 Å². The second-order valence-corrected chi connectivity index (χ2v) is 4.15. The molecule has 0 aliphatic heterocycles. The third-order valence-electron chi connectivity index (χ3n) is 1.62. The van der Waals surface area contributed by atoms with Gasteiger partial charge in [-0.3, -0.25) is 14.2 Å². The summed E-state index contributed by atoms with van der Waals surface area (Å²) >= 11 is 7.39. The van der Waals surface area contributed by atoms with E-state index >= 15 is 0 Å². The first-order chi connectivity index (χ1) is 7.56. The minimum Gasteiger partial charge on any atom is -0.341 e. The molecule has 6 nitrogen and oxygen atoms in total. The number of carbonyl (C=O) groups is 1. The number of aromatic nitrogens is 2. The number of nitriles is 1. The first-order valence-electron chi connectivity index (χ1n) is 4.10. The molecule has 1 aromatic heterocycles. The van der Waals surface area contributed by atoms with Crippen molar-refractivity contribution in [2.45, 2.75) is 6.54 Å². The molecule has 1 aromatic rings. The van der Waals surface area contributed by atoms with Gasteiger partial charge in [-0.15, -0.1) is 0 Å². The summed E-state index contributed by atoms with van der Waals surface area (Å²) in [6.45, 7) is -0.271. The molecule has 0 radical (unpaired) electrons. The molecule has 0 aliphatic rings. The summed E-state index contributed by atoms with van der Waals surface area (Å²) in [6.07, 6.45) is 1.19. The minimum atomic E-state index is -0.427. The second kappa shape index (κ2) is 5.81. The molecule has 0 aromatic carbocycles. The fourth-order valence-corrected chi connectivity index (χ4v) is 1.48. The number of nitrogens with zero attached hydrogens (tertiary/aromatic N) is 3. The first-order valence-corrected chi connectivity index (χ1v) is 5.56. The SMILES string of the molecule is N#CCNC(=O)Cn1cnc(Cl)c(I)c1=O. The molecule has 0 saturated carbocycles. The Labute approximate surface area is 109 Å². The lowest BCUT2D eigenvalue weighted by atomic mass is 10.5. The van der Waals surface area contributed by atoms with E-state index < -0.39 is 5.91 Å². The van der Waals surface area contributed by atoms with Crippen LogP contribution in [0.15, 0.2) is 11.1 Å². The smallest absolute Gasteiger partial charge is 0.268 e. The van der Waals surface area contributed by atoms with E-state index in [0.29, 0.717) is 0 Å². The lowest BCUT2D eigenvalue weighted by Crippen LogP contribution is -2.33. The average Bonchev–Trinajstić information content (AvgIpc) is 2.27. The quantitative estimate of drug-likeness (QED) is 0.476. The van der Waals surface area contributed by atoms with Crippen LogP contribution in [0.4, 0.5) is 0 Å². The van der Waals surface area contributed by atoms with Crippen LogP contribution in [0, 0.1) is 14.9 Å². The van der Waals surface area contributed by atoms with Crippen LogP contribution in [0.1, 0.15) is 0 Å². The van der Waals surface area contributed by atoms with Gasteiger partial charge in [0.2, 0.25) is 5.91 Å². The van der Waals surface area contributed by atoms with Gasteiger partial charge in [0.05, 0.1) is 12.4 Å². The third-order valence-corrected chi connectivity index (χ3v) is 3.20. The number of rotatable bonds is 3. The Hall–Kier alpha value is -1.14. The second-order valence-electron chi connectivity index (χ2n) is 2.72. The highest BCUT2D eigenvalue weighted by molar-refractivity contribution is 14.1. The summed E-state index contributed by atoms with van der Waals surface area (Å²) in [4.78, 5) is 26.6. The predicted octanol–water partition coefficient (Wildman–Crippen LogP) is 0.141. The molecule has 0 fully saturated rings. The van der Waals surface area contributed by atoms with Gasteiger partial charge in [0.1, 0.15) is 21.8 Å². The van der Waals surface area contributed by atoms with E-state index in [2.05, 4.69) is 10.3 Å². The molecule has 0 bridgehead atoms. The van der Waals surface area contributed by atoms with E-state index in [0.717, 1.165) is 4.57 Å². The average molecular weight is 353 g/mol. The summed E-state index contributed by atoms with van der Waals surface area (Å²) in [5.74, 6) is -0.427. The van der Waals surface area contributed by atoms with Crippen LogP contribution in [0.3, 0.4) is 0 Å². The van der Waals surface area contributed by atoms with Crippen molar-refractivity contribution >= 4 is 40.1 Å². The van der Waals surface area contributed by atoms with E-state index in [1.807, 2.05) is 0 Å². The molecule has 0 spiro atoms. The van der Waals surface area contributed by atoms with Crippen molar-refractivity contribution in [1.29, 1.82) is 5.26 Å². The van der Waals surface area contributed by atoms with Crippen LogP contribution < -0.4 is 10.9 Å². The maximum absolute atomic E-state index is 11.6. The molecular formula is C8H6ClIN4O2. The van der Waals surface area contributed by atoms with E-state index in [9.17, 15) is 9.59 Å². The molecule has 1 heterocycles.